The number of hydrogen-bond donors (Lipinski definition) is 0. The van der Waals surface area contributed by atoms with Gasteiger partial charge in [-0.1, -0.05) is 18.1 Å². The van der Waals surface area contributed by atoms with Crippen LogP contribution >= 0.6 is 0 Å². The largest absolute Gasteiger partial charge is 0.297 e. The monoisotopic (exact) mass is 281 g/mol. The Hall–Kier alpha value is -1.29. The molecule has 20 heavy (non-hydrogen) atoms. The Morgan fingerprint density at radius 3 is 2.60 bits per heavy atom. The maximum atomic E-state index is 13.7. The third-order valence-corrected chi connectivity index (χ3v) is 4.57. The lowest BCUT2D eigenvalue weighted by Gasteiger charge is -2.42. The molecule has 2 bridgehead atoms. The van der Waals surface area contributed by atoms with Gasteiger partial charge in [0.1, 0.15) is 5.82 Å². The fourth-order valence-electron chi connectivity index (χ4n) is 3.41. The average Bonchev–Trinajstić information content (AvgIpc) is 2.37. The van der Waals surface area contributed by atoms with Crippen LogP contribution in [0.4, 0.5) is 13.2 Å². The van der Waals surface area contributed by atoms with Crippen molar-refractivity contribution in [3.05, 3.63) is 46.8 Å². The van der Waals surface area contributed by atoms with Crippen LogP contribution in [0.15, 0.2) is 23.8 Å². The highest BCUT2D eigenvalue weighted by Crippen LogP contribution is 2.33. The van der Waals surface area contributed by atoms with Gasteiger partial charge in [-0.25, -0.2) is 13.2 Å². The molecule has 3 rings (SSSR count). The van der Waals surface area contributed by atoms with E-state index in [9.17, 15) is 13.2 Å². The zero-order valence-electron chi connectivity index (χ0n) is 11.5. The van der Waals surface area contributed by atoms with Crippen LogP contribution in [0.1, 0.15) is 31.2 Å². The van der Waals surface area contributed by atoms with Crippen LogP contribution in [0.25, 0.3) is 0 Å². The molecule has 0 saturated carbocycles. The molecule has 0 N–H and O–H groups in total. The van der Waals surface area contributed by atoms with Crippen LogP contribution in [-0.2, 0) is 6.42 Å². The summed E-state index contributed by atoms with van der Waals surface area (Å²) >= 11 is 0. The number of hydrogen-bond acceptors (Lipinski definition) is 1. The zero-order valence-corrected chi connectivity index (χ0v) is 11.5. The molecule has 2 aliphatic heterocycles. The van der Waals surface area contributed by atoms with E-state index in [0.717, 1.165) is 30.9 Å². The Labute approximate surface area is 117 Å². The molecule has 1 fully saturated rings. The van der Waals surface area contributed by atoms with Crippen molar-refractivity contribution in [2.75, 3.05) is 7.05 Å². The van der Waals surface area contributed by atoms with Crippen molar-refractivity contribution >= 4 is 0 Å². The van der Waals surface area contributed by atoms with Gasteiger partial charge in [-0.15, -0.1) is 0 Å². The SMILES string of the molecule is CN1C2C=C(Cc3cc(F)c(F)cc3F)CC1CCC2. The minimum absolute atomic E-state index is 0.248. The van der Waals surface area contributed by atoms with Crippen LogP contribution in [0, 0.1) is 17.5 Å². The van der Waals surface area contributed by atoms with E-state index in [1.807, 2.05) is 0 Å². The zero-order chi connectivity index (χ0) is 14.3. The smallest absolute Gasteiger partial charge is 0.161 e. The van der Waals surface area contributed by atoms with Crippen molar-refractivity contribution in [2.24, 2.45) is 0 Å². The summed E-state index contributed by atoms with van der Waals surface area (Å²) in [4.78, 5) is 2.37. The lowest BCUT2D eigenvalue weighted by molar-refractivity contribution is 0.129. The minimum Gasteiger partial charge on any atom is -0.297 e. The van der Waals surface area contributed by atoms with E-state index in [1.54, 1.807) is 0 Å². The quantitative estimate of drug-likeness (QED) is 0.588. The molecular weight excluding hydrogens is 263 g/mol. The first-order chi connectivity index (χ1) is 9.54. The summed E-state index contributed by atoms with van der Waals surface area (Å²) in [6.07, 6.45) is 6.95. The minimum atomic E-state index is -1.12. The van der Waals surface area contributed by atoms with Gasteiger partial charge < -0.3 is 0 Å². The van der Waals surface area contributed by atoms with Crippen LogP contribution in [0.3, 0.4) is 0 Å². The van der Waals surface area contributed by atoms with Gasteiger partial charge in [-0.2, -0.15) is 0 Å². The molecule has 4 heteroatoms. The highest BCUT2D eigenvalue weighted by molar-refractivity contribution is 5.28. The van der Waals surface area contributed by atoms with Crippen LogP contribution < -0.4 is 0 Å². The number of fused-ring (bicyclic) bond motifs is 2. The van der Waals surface area contributed by atoms with Gasteiger partial charge in [0, 0.05) is 18.2 Å². The number of rotatable bonds is 2. The normalized spacial score (nSPS) is 26.5. The summed E-state index contributed by atoms with van der Waals surface area (Å²) < 4.78 is 39.9. The number of benzene rings is 1. The molecule has 0 aliphatic carbocycles. The Morgan fingerprint density at radius 2 is 1.85 bits per heavy atom. The highest BCUT2D eigenvalue weighted by atomic mass is 19.2. The number of piperidine rings is 1. The lowest BCUT2D eigenvalue weighted by atomic mass is 9.83. The van der Waals surface area contributed by atoms with Gasteiger partial charge in [0.2, 0.25) is 0 Å². The number of likely N-dealkylation sites (N-methyl/N-ethyl adjacent to an activating group) is 1. The van der Waals surface area contributed by atoms with Gasteiger partial charge in [0.05, 0.1) is 0 Å². The maximum absolute atomic E-state index is 13.7. The Balaban J connectivity index is 1.83. The van der Waals surface area contributed by atoms with Crippen molar-refractivity contribution in [3.8, 4) is 0 Å². The summed E-state index contributed by atoms with van der Waals surface area (Å²) in [6, 6.07) is 2.54. The topological polar surface area (TPSA) is 3.24 Å². The second-order valence-corrected chi connectivity index (χ2v) is 5.88. The summed E-state index contributed by atoms with van der Waals surface area (Å²) in [6.45, 7) is 0. The molecule has 1 nitrogen and oxygen atoms in total. The van der Waals surface area contributed by atoms with Crippen LogP contribution in [0.5, 0.6) is 0 Å². The Kier molecular flexibility index (Phi) is 3.59. The van der Waals surface area contributed by atoms with Crippen molar-refractivity contribution in [2.45, 2.75) is 44.2 Å². The number of nitrogens with zero attached hydrogens (tertiary/aromatic N) is 1. The second-order valence-electron chi connectivity index (χ2n) is 5.88. The van der Waals surface area contributed by atoms with Gasteiger partial charge in [-0.05, 0) is 44.4 Å². The van der Waals surface area contributed by atoms with E-state index in [4.69, 9.17) is 0 Å². The summed E-state index contributed by atoms with van der Waals surface area (Å²) in [5.41, 5.74) is 1.39. The van der Waals surface area contributed by atoms with Crippen molar-refractivity contribution in [3.63, 3.8) is 0 Å². The lowest BCUT2D eigenvalue weighted by Crippen LogP contribution is -2.46. The summed E-state index contributed by atoms with van der Waals surface area (Å²) in [5.74, 6) is -2.76. The summed E-state index contributed by atoms with van der Waals surface area (Å²) in [5, 5.41) is 0. The predicted molar refractivity (Wildman–Crippen MR) is 71.9 cm³/mol. The van der Waals surface area contributed by atoms with Crippen LogP contribution in [0.2, 0.25) is 0 Å². The van der Waals surface area contributed by atoms with Crippen molar-refractivity contribution < 1.29 is 13.2 Å². The van der Waals surface area contributed by atoms with Gasteiger partial charge >= 0.3 is 0 Å². The van der Waals surface area contributed by atoms with Crippen molar-refractivity contribution in [1.29, 1.82) is 0 Å². The molecule has 0 radical (unpaired) electrons. The van der Waals surface area contributed by atoms with E-state index in [-0.39, 0.29) is 5.56 Å². The molecule has 2 atom stereocenters. The second kappa shape index (κ2) is 5.24. The predicted octanol–water partition coefficient (Wildman–Crippen LogP) is 3.83. The van der Waals surface area contributed by atoms with Crippen LogP contribution in [-0.4, -0.2) is 24.0 Å². The molecule has 2 heterocycles. The fraction of sp³-hybridized carbons (Fsp3) is 0.500. The Morgan fingerprint density at radius 1 is 1.10 bits per heavy atom. The average molecular weight is 281 g/mol. The van der Waals surface area contributed by atoms with Gasteiger partial charge in [0.15, 0.2) is 11.6 Å². The third-order valence-electron chi connectivity index (χ3n) is 4.57. The summed E-state index contributed by atoms with van der Waals surface area (Å²) in [7, 11) is 2.12. The third kappa shape index (κ3) is 2.49. The van der Waals surface area contributed by atoms with Gasteiger partial charge in [0.25, 0.3) is 0 Å². The molecule has 0 aromatic heterocycles. The van der Waals surface area contributed by atoms with Crippen molar-refractivity contribution in [1.82, 2.24) is 4.90 Å². The molecule has 0 amide bonds. The molecule has 1 saturated heterocycles. The first-order valence-corrected chi connectivity index (χ1v) is 7.09. The highest BCUT2D eigenvalue weighted by Gasteiger charge is 2.31. The maximum Gasteiger partial charge on any atom is 0.161 e. The number of halogens is 3. The van der Waals surface area contributed by atoms with E-state index in [1.165, 1.54) is 6.42 Å². The molecular formula is C16H18F3N. The first-order valence-electron chi connectivity index (χ1n) is 7.09. The van der Waals surface area contributed by atoms with E-state index < -0.39 is 17.5 Å². The molecule has 108 valence electrons. The van der Waals surface area contributed by atoms with E-state index in [2.05, 4.69) is 18.0 Å². The van der Waals surface area contributed by atoms with E-state index >= 15 is 0 Å². The Bertz CT molecular complexity index is 553. The molecule has 0 spiro atoms. The fourth-order valence-corrected chi connectivity index (χ4v) is 3.41. The molecule has 1 aromatic carbocycles. The first kappa shape index (κ1) is 13.7. The van der Waals surface area contributed by atoms with Gasteiger partial charge in [-0.3, -0.25) is 4.90 Å². The molecule has 2 aliphatic rings. The molecule has 2 unspecified atom stereocenters. The molecule has 1 aromatic rings. The van der Waals surface area contributed by atoms with E-state index in [0.29, 0.717) is 24.6 Å². The standard InChI is InChI=1S/C16H18F3N/c1-20-12-3-2-4-13(20)7-10(6-12)5-11-8-15(18)16(19)9-14(11)17/h6,8-9,12-13H,2-5,7H2,1H3.